The molecular weight excluding hydrogens is 530 g/mol. The number of hydrazone groups is 1. The second-order valence-electron chi connectivity index (χ2n) is 8.86. The molecule has 3 aliphatic rings. The predicted octanol–water partition coefficient (Wildman–Crippen LogP) is 6.22. The Labute approximate surface area is 218 Å². The lowest BCUT2D eigenvalue weighted by atomic mass is 9.90. The van der Waals surface area contributed by atoms with Crippen LogP contribution < -0.4 is 19.5 Å². The fourth-order valence-electron chi connectivity index (χ4n) is 4.54. The smallest absolute Gasteiger partial charge is 0.469 e. The number of hydrogen-bond donors (Lipinski definition) is 1. The van der Waals surface area contributed by atoms with Crippen molar-refractivity contribution in [3.05, 3.63) is 82.4 Å². The first-order valence-electron chi connectivity index (χ1n) is 11.5. The summed E-state index contributed by atoms with van der Waals surface area (Å²) in [4.78, 5) is 13.1. The van der Waals surface area contributed by atoms with Crippen LogP contribution in [0.2, 0.25) is 5.02 Å². The van der Waals surface area contributed by atoms with Crippen LogP contribution in [0.4, 0.5) is 28.0 Å². The highest BCUT2D eigenvalue weighted by atomic mass is 35.5. The molecule has 0 aromatic heterocycles. The highest BCUT2D eigenvalue weighted by Crippen LogP contribution is 2.53. The molecule has 12 heteroatoms. The quantitative estimate of drug-likeness (QED) is 0.395. The zero-order valence-electron chi connectivity index (χ0n) is 19.4. The van der Waals surface area contributed by atoms with E-state index in [0.29, 0.717) is 35.4 Å². The van der Waals surface area contributed by atoms with Crippen molar-refractivity contribution in [1.82, 2.24) is 5.01 Å². The molecule has 0 bridgehead atoms. The van der Waals surface area contributed by atoms with E-state index in [2.05, 4.69) is 15.2 Å². The fraction of sp³-hybridized carbons (Fsp3) is 0.231. The van der Waals surface area contributed by atoms with Gasteiger partial charge in [-0.15, -0.1) is 0 Å². The lowest BCUT2D eigenvalue weighted by Crippen LogP contribution is -2.37. The molecule has 0 saturated heterocycles. The van der Waals surface area contributed by atoms with Gasteiger partial charge in [-0.3, -0.25) is 0 Å². The van der Waals surface area contributed by atoms with E-state index in [1.165, 1.54) is 6.07 Å². The number of nitrogens with zero attached hydrogens (tertiary/aromatic N) is 2. The molecule has 3 aromatic rings. The van der Waals surface area contributed by atoms with Crippen LogP contribution in [0.15, 0.2) is 65.8 Å². The average molecular weight is 548 g/mol. The Morgan fingerprint density at radius 1 is 0.947 bits per heavy atom. The van der Waals surface area contributed by atoms with Crippen molar-refractivity contribution < 1.29 is 36.6 Å². The first-order chi connectivity index (χ1) is 18.1. The number of benzene rings is 3. The molecule has 1 N–H and O–H groups in total. The normalized spacial score (nSPS) is 20.4. The Morgan fingerprint density at radius 3 is 2.42 bits per heavy atom. The topological polar surface area (TPSA) is 72.4 Å². The molecule has 0 saturated carbocycles. The number of hydrogen-bond acceptors (Lipinski definition) is 5. The van der Waals surface area contributed by atoms with Crippen molar-refractivity contribution in [2.75, 3.05) is 25.1 Å². The maximum Gasteiger partial charge on any atom is 0.469 e. The third kappa shape index (κ3) is 4.07. The van der Waals surface area contributed by atoms with Crippen LogP contribution in [-0.4, -0.2) is 42.6 Å². The van der Waals surface area contributed by atoms with Crippen molar-refractivity contribution >= 4 is 29.0 Å². The standard InChI is InChI=1S/C26H18ClF4N3O4/c27-16-4-1-14(2-5-16)23-18(15-3-7-21-22(11-15)37-10-9-36-21)13-34(33-23)24(35)32-17-6-8-20-19(12-17)25(28,29)26(30,31)38-20/h1-8,11-12,18H,9-10,13H2,(H,32,35). The van der Waals surface area contributed by atoms with Crippen LogP contribution in [0.5, 0.6) is 17.2 Å². The summed E-state index contributed by atoms with van der Waals surface area (Å²) in [6.45, 7) is 0.968. The number of amides is 2. The molecule has 38 heavy (non-hydrogen) atoms. The maximum atomic E-state index is 14.1. The summed E-state index contributed by atoms with van der Waals surface area (Å²) in [5.41, 5.74) is 0.986. The van der Waals surface area contributed by atoms with Gasteiger partial charge in [-0.1, -0.05) is 29.8 Å². The highest BCUT2D eigenvalue weighted by Gasteiger charge is 2.66. The van der Waals surface area contributed by atoms with Crippen LogP contribution in [0, 0.1) is 0 Å². The second-order valence-corrected chi connectivity index (χ2v) is 9.30. The number of rotatable bonds is 3. The first-order valence-corrected chi connectivity index (χ1v) is 11.9. The lowest BCUT2D eigenvalue weighted by molar-refractivity contribution is -0.296. The van der Waals surface area contributed by atoms with Gasteiger partial charge in [0.25, 0.3) is 0 Å². The predicted molar refractivity (Wildman–Crippen MR) is 130 cm³/mol. The Kier molecular flexibility index (Phi) is 5.64. The van der Waals surface area contributed by atoms with Crippen LogP contribution >= 0.6 is 11.6 Å². The van der Waals surface area contributed by atoms with Crippen LogP contribution in [0.1, 0.15) is 22.6 Å². The molecule has 0 spiro atoms. The number of fused-ring (bicyclic) bond motifs is 2. The number of halogens is 5. The Morgan fingerprint density at radius 2 is 1.66 bits per heavy atom. The zero-order chi connectivity index (χ0) is 26.7. The van der Waals surface area contributed by atoms with E-state index >= 15 is 0 Å². The number of carbonyl (C=O) groups is 1. The van der Waals surface area contributed by atoms with E-state index in [9.17, 15) is 22.4 Å². The molecule has 3 aromatic carbocycles. The molecule has 3 heterocycles. The molecule has 1 unspecified atom stereocenters. The summed E-state index contributed by atoms with van der Waals surface area (Å²) in [5.74, 6) is -4.37. The molecule has 196 valence electrons. The second kappa shape index (κ2) is 8.80. The number of alkyl halides is 4. The number of nitrogens with one attached hydrogen (secondary N) is 1. The van der Waals surface area contributed by atoms with Crippen molar-refractivity contribution in [3.63, 3.8) is 0 Å². The molecule has 2 amide bonds. The Bertz CT molecular complexity index is 1470. The molecular formula is C26H18ClF4N3O4. The molecule has 1 atom stereocenters. The Balaban J connectivity index is 1.29. The molecule has 7 nitrogen and oxygen atoms in total. The van der Waals surface area contributed by atoms with Crippen LogP contribution in [0.25, 0.3) is 0 Å². The van der Waals surface area contributed by atoms with Gasteiger partial charge in [-0.05, 0) is 53.6 Å². The third-order valence-electron chi connectivity index (χ3n) is 6.43. The van der Waals surface area contributed by atoms with E-state index in [-0.39, 0.29) is 18.2 Å². The minimum Gasteiger partial charge on any atom is -0.486 e. The van der Waals surface area contributed by atoms with E-state index in [1.807, 2.05) is 12.1 Å². The summed E-state index contributed by atoms with van der Waals surface area (Å²) in [6.07, 6.45) is -4.68. The monoisotopic (exact) mass is 547 g/mol. The Hall–Kier alpha value is -3.99. The molecule has 0 fully saturated rings. The van der Waals surface area contributed by atoms with Gasteiger partial charge in [-0.2, -0.15) is 22.7 Å². The number of anilines is 1. The third-order valence-corrected chi connectivity index (χ3v) is 6.68. The van der Waals surface area contributed by atoms with Crippen molar-refractivity contribution in [1.29, 1.82) is 0 Å². The van der Waals surface area contributed by atoms with Gasteiger partial charge in [0, 0.05) is 16.6 Å². The van der Waals surface area contributed by atoms with Crippen molar-refractivity contribution in [3.8, 4) is 17.2 Å². The zero-order valence-corrected chi connectivity index (χ0v) is 20.1. The molecule has 0 aliphatic carbocycles. The minimum atomic E-state index is -4.68. The largest absolute Gasteiger partial charge is 0.486 e. The first kappa shape index (κ1) is 24.4. The average Bonchev–Trinajstić information content (AvgIpc) is 3.41. The van der Waals surface area contributed by atoms with E-state index < -0.39 is 29.4 Å². The van der Waals surface area contributed by atoms with Crippen LogP contribution in [0.3, 0.4) is 0 Å². The van der Waals surface area contributed by atoms with Gasteiger partial charge in [0.2, 0.25) is 0 Å². The van der Waals surface area contributed by atoms with E-state index in [0.717, 1.165) is 28.3 Å². The summed E-state index contributed by atoms with van der Waals surface area (Å²) < 4.78 is 70.8. The summed E-state index contributed by atoms with van der Waals surface area (Å²) >= 11 is 6.04. The van der Waals surface area contributed by atoms with Gasteiger partial charge in [0.05, 0.1) is 17.8 Å². The highest BCUT2D eigenvalue weighted by molar-refractivity contribution is 6.30. The summed E-state index contributed by atoms with van der Waals surface area (Å²) in [6, 6.07) is 14.6. The van der Waals surface area contributed by atoms with Gasteiger partial charge < -0.3 is 19.5 Å². The van der Waals surface area contributed by atoms with Crippen molar-refractivity contribution in [2.45, 2.75) is 17.9 Å². The van der Waals surface area contributed by atoms with Crippen molar-refractivity contribution in [2.24, 2.45) is 5.10 Å². The van der Waals surface area contributed by atoms with Gasteiger partial charge >= 0.3 is 18.1 Å². The van der Waals surface area contributed by atoms with E-state index in [4.69, 9.17) is 21.1 Å². The fourth-order valence-corrected chi connectivity index (χ4v) is 4.66. The van der Waals surface area contributed by atoms with Gasteiger partial charge in [0.15, 0.2) is 11.5 Å². The SMILES string of the molecule is O=C(Nc1ccc2c(c1)C(F)(F)C(F)(F)O2)N1CC(c2ccc3c(c2)OCCO3)C(c2ccc(Cl)cc2)=N1. The van der Waals surface area contributed by atoms with E-state index in [1.54, 1.807) is 30.3 Å². The number of carbonyl (C=O) groups excluding carboxylic acids is 1. The summed E-state index contributed by atoms with van der Waals surface area (Å²) in [5, 5.41) is 8.65. The number of urea groups is 1. The van der Waals surface area contributed by atoms with Crippen LogP contribution in [-0.2, 0) is 5.92 Å². The lowest BCUT2D eigenvalue weighted by Gasteiger charge is -2.21. The number of ether oxygens (including phenoxy) is 3. The molecule has 3 aliphatic heterocycles. The minimum absolute atomic E-state index is 0.110. The molecule has 0 radical (unpaired) electrons. The summed E-state index contributed by atoms with van der Waals surface area (Å²) in [7, 11) is 0. The van der Waals surface area contributed by atoms with Gasteiger partial charge in [-0.25, -0.2) is 9.80 Å². The molecule has 6 rings (SSSR count). The van der Waals surface area contributed by atoms with Gasteiger partial charge in [0.1, 0.15) is 19.0 Å². The maximum absolute atomic E-state index is 14.1.